The molecule has 1 aromatic carbocycles. The molecule has 0 unspecified atom stereocenters. The molecule has 0 aromatic heterocycles. The zero-order valence-electron chi connectivity index (χ0n) is 11.7. The number of halogens is 1. The number of hydrogen-bond acceptors (Lipinski definition) is 3. The van der Waals surface area contributed by atoms with Gasteiger partial charge in [0.2, 0.25) is 0 Å². The van der Waals surface area contributed by atoms with Gasteiger partial charge in [-0.3, -0.25) is 0 Å². The minimum atomic E-state index is 0.703. The second-order valence-corrected chi connectivity index (χ2v) is 5.89. The third kappa shape index (κ3) is 4.39. The van der Waals surface area contributed by atoms with Crippen LogP contribution in [0.5, 0.6) is 11.5 Å². The molecule has 1 saturated carbocycles. The second-order valence-electron chi connectivity index (χ2n) is 5.03. The van der Waals surface area contributed by atoms with E-state index in [4.69, 9.17) is 9.47 Å². The second kappa shape index (κ2) is 7.15. The highest BCUT2D eigenvalue weighted by Crippen LogP contribution is 2.36. The highest BCUT2D eigenvalue weighted by molar-refractivity contribution is 9.10. The van der Waals surface area contributed by atoms with E-state index in [1.54, 1.807) is 7.11 Å². The Kier molecular flexibility index (Phi) is 5.52. The van der Waals surface area contributed by atoms with Crippen molar-refractivity contribution in [2.75, 3.05) is 20.3 Å². The van der Waals surface area contributed by atoms with Crippen LogP contribution in [-0.4, -0.2) is 20.3 Å². The van der Waals surface area contributed by atoms with Crippen LogP contribution in [0.1, 0.15) is 31.7 Å². The van der Waals surface area contributed by atoms with Crippen LogP contribution < -0.4 is 14.8 Å². The maximum Gasteiger partial charge on any atom is 0.175 e. The van der Waals surface area contributed by atoms with Crippen LogP contribution in [0.15, 0.2) is 16.6 Å². The van der Waals surface area contributed by atoms with Crippen molar-refractivity contribution >= 4 is 15.9 Å². The molecule has 1 fully saturated rings. The predicted molar refractivity (Wildman–Crippen MR) is 80.9 cm³/mol. The lowest BCUT2D eigenvalue weighted by molar-refractivity contribution is 0.292. The molecule has 0 amide bonds. The summed E-state index contributed by atoms with van der Waals surface area (Å²) in [5.41, 5.74) is 1.22. The number of nitrogens with one attached hydrogen (secondary N) is 1. The van der Waals surface area contributed by atoms with Gasteiger partial charge in [0, 0.05) is 6.54 Å². The van der Waals surface area contributed by atoms with Gasteiger partial charge in [-0.1, -0.05) is 6.92 Å². The topological polar surface area (TPSA) is 30.5 Å². The summed E-state index contributed by atoms with van der Waals surface area (Å²) in [6.07, 6.45) is 3.74. The Morgan fingerprint density at radius 2 is 2.16 bits per heavy atom. The Bertz CT molecular complexity index is 419. The van der Waals surface area contributed by atoms with Gasteiger partial charge in [0.1, 0.15) is 0 Å². The number of methoxy groups -OCH3 is 1. The lowest BCUT2D eigenvalue weighted by Gasteiger charge is -2.14. The summed E-state index contributed by atoms with van der Waals surface area (Å²) in [6, 6.07) is 4.16. The van der Waals surface area contributed by atoms with Crippen LogP contribution in [0.3, 0.4) is 0 Å². The van der Waals surface area contributed by atoms with Crippen LogP contribution in [0.4, 0.5) is 0 Å². The van der Waals surface area contributed by atoms with Gasteiger partial charge < -0.3 is 14.8 Å². The van der Waals surface area contributed by atoms with E-state index in [9.17, 15) is 0 Å². The monoisotopic (exact) mass is 327 g/mol. The molecular weight excluding hydrogens is 306 g/mol. The van der Waals surface area contributed by atoms with Gasteiger partial charge in [0.25, 0.3) is 0 Å². The van der Waals surface area contributed by atoms with Gasteiger partial charge in [-0.2, -0.15) is 0 Å². The number of ether oxygens (including phenoxy) is 2. The largest absolute Gasteiger partial charge is 0.493 e. The molecule has 0 bridgehead atoms. The van der Waals surface area contributed by atoms with Gasteiger partial charge in [0.05, 0.1) is 18.2 Å². The summed E-state index contributed by atoms with van der Waals surface area (Å²) in [4.78, 5) is 0. The summed E-state index contributed by atoms with van der Waals surface area (Å²) in [5.74, 6) is 2.50. The molecule has 1 aromatic rings. The quantitative estimate of drug-likeness (QED) is 0.788. The van der Waals surface area contributed by atoms with Crippen LogP contribution >= 0.6 is 15.9 Å². The standard InChI is InChI=1S/C15H22BrNO2/c1-3-6-19-15-13(16)7-12(8-14(15)18-2)10-17-9-11-4-5-11/h7-8,11,17H,3-6,9-10H2,1-2H3. The summed E-state index contributed by atoms with van der Waals surface area (Å²) in [5, 5.41) is 3.49. The van der Waals surface area contributed by atoms with E-state index < -0.39 is 0 Å². The number of rotatable bonds is 8. The Hall–Kier alpha value is -0.740. The fraction of sp³-hybridized carbons (Fsp3) is 0.600. The molecule has 0 radical (unpaired) electrons. The Morgan fingerprint density at radius 1 is 1.37 bits per heavy atom. The van der Waals surface area contributed by atoms with Gasteiger partial charge in [-0.15, -0.1) is 0 Å². The molecule has 0 heterocycles. The molecule has 106 valence electrons. The summed E-state index contributed by atoms with van der Waals surface area (Å²) >= 11 is 3.57. The Balaban J connectivity index is 2.01. The van der Waals surface area contributed by atoms with Crippen molar-refractivity contribution in [3.63, 3.8) is 0 Å². The maximum absolute atomic E-state index is 5.72. The highest BCUT2D eigenvalue weighted by atomic mass is 79.9. The van der Waals surface area contributed by atoms with Crippen molar-refractivity contribution in [2.45, 2.75) is 32.7 Å². The summed E-state index contributed by atoms with van der Waals surface area (Å²) < 4.78 is 12.1. The van der Waals surface area contributed by atoms with Gasteiger partial charge in [0.15, 0.2) is 11.5 Å². The fourth-order valence-electron chi connectivity index (χ4n) is 1.96. The van der Waals surface area contributed by atoms with E-state index in [-0.39, 0.29) is 0 Å². The lowest BCUT2D eigenvalue weighted by Crippen LogP contribution is -2.16. The van der Waals surface area contributed by atoms with E-state index in [0.29, 0.717) is 6.61 Å². The molecule has 1 aliphatic carbocycles. The Labute approximate surface area is 123 Å². The smallest absolute Gasteiger partial charge is 0.175 e. The maximum atomic E-state index is 5.72. The molecule has 1 N–H and O–H groups in total. The van der Waals surface area contributed by atoms with Crippen molar-refractivity contribution in [1.82, 2.24) is 5.32 Å². The van der Waals surface area contributed by atoms with E-state index in [1.165, 1.54) is 18.4 Å². The fourth-order valence-corrected chi connectivity index (χ4v) is 2.57. The average Bonchev–Trinajstić information content (AvgIpc) is 3.21. The minimum absolute atomic E-state index is 0.703. The first-order chi connectivity index (χ1) is 9.24. The van der Waals surface area contributed by atoms with Crippen LogP contribution in [-0.2, 0) is 6.54 Å². The third-order valence-electron chi connectivity index (χ3n) is 3.20. The predicted octanol–water partition coefficient (Wildman–Crippen LogP) is 3.75. The van der Waals surface area contributed by atoms with Crippen LogP contribution in [0, 0.1) is 5.92 Å². The van der Waals surface area contributed by atoms with E-state index in [0.717, 1.165) is 41.4 Å². The van der Waals surface area contributed by atoms with E-state index in [1.807, 2.05) is 0 Å². The molecule has 0 atom stereocenters. The Morgan fingerprint density at radius 3 is 2.79 bits per heavy atom. The molecule has 3 nitrogen and oxygen atoms in total. The van der Waals surface area contributed by atoms with Crippen LogP contribution in [0.25, 0.3) is 0 Å². The average molecular weight is 328 g/mol. The molecule has 1 aliphatic rings. The normalized spacial score (nSPS) is 14.5. The number of hydrogen-bond donors (Lipinski definition) is 1. The molecular formula is C15H22BrNO2. The molecule has 19 heavy (non-hydrogen) atoms. The summed E-state index contributed by atoms with van der Waals surface area (Å²) in [7, 11) is 1.68. The van der Waals surface area contributed by atoms with Gasteiger partial charge in [-0.25, -0.2) is 0 Å². The van der Waals surface area contributed by atoms with Crippen molar-refractivity contribution in [3.8, 4) is 11.5 Å². The van der Waals surface area contributed by atoms with Crippen molar-refractivity contribution in [1.29, 1.82) is 0 Å². The first-order valence-corrected chi connectivity index (χ1v) is 7.73. The first-order valence-electron chi connectivity index (χ1n) is 6.94. The SMILES string of the molecule is CCCOc1c(Br)cc(CNCC2CC2)cc1OC. The third-order valence-corrected chi connectivity index (χ3v) is 3.79. The zero-order valence-corrected chi connectivity index (χ0v) is 13.3. The first kappa shape index (κ1) is 14.7. The molecule has 2 rings (SSSR count). The van der Waals surface area contributed by atoms with Crippen molar-refractivity contribution in [2.24, 2.45) is 5.92 Å². The lowest BCUT2D eigenvalue weighted by atomic mass is 10.2. The van der Waals surface area contributed by atoms with Gasteiger partial charge >= 0.3 is 0 Å². The highest BCUT2D eigenvalue weighted by Gasteiger charge is 2.20. The van der Waals surface area contributed by atoms with Crippen molar-refractivity contribution < 1.29 is 9.47 Å². The van der Waals surface area contributed by atoms with Gasteiger partial charge in [-0.05, 0) is 65.4 Å². The molecule has 4 heteroatoms. The molecule has 0 spiro atoms. The minimum Gasteiger partial charge on any atom is -0.493 e. The van der Waals surface area contributed by atoms with Crippen molar-refractivity contribution in [3.05, 3.63) is 22.2 Å². The van der Waals surface area contributed by atoms with E-state index >= 15 is 0 Å². The van der Waals surface area contributed by atoms with E-state index in [2.05, 4.69) is 40.3 Å². The summed E-state index contributed by atoms with van der Waals surface area (Å²) in [6.45, 7) is 4.79. The van der Waals surface area contributed by atoms with Crippen LogP contribution in [0.2, 0.25) is 0 Å². The number of benzene rings is 1. The molecule has 0 saturated heterocycles. The zero-order chi connectivity index (χ0) is 13.7. The molecule has 0 aliphatic heterocycles.